The summed E-state index contributed by atoms with van der Waals surface area (Å²) in [6.45, 7) is 0. The Morgan fingerprint density at radius 2 is 1.50 bits per heavy atom. The minimum Gasteiger partial charge on any atom is -0.467 e. The van der Waals surface area contributed by atoms with Gasteiger partial charge in [0.15, 0.2) is 0 Å². The number of thioether (sulfide) groups is 1. The van der Waals surface area contributed by atoms with Crippen molar-refractivity contribution in [2.24, 2.45) is 0 Å². The minimum absolute atomic E-state index is 0.0962. The van der Waals surface area contributed by atoms with E-state index in [2.05, 4.69) is 5.32 Å². The summed E-state index contributed by atoms with van der Waals surface area (Å²) >= 11 is 0.964. The topological polar surface area (TPSA) is 72.5 Å². The molecule has 24 heavy (non-hydrogen) atoms. The van der Waals surface area contributed by atoms with Gasteiger partial charge in [0.05, 0.1) is 7.11 Å². The maximum Gasteiger partial charge on any atom is 0.329 e. The molecule has 2 aromatic carbocycles. The normalized spacial score (nSPS) is 11.4. The van der Waals surface area contributed by atoms with Crippen LogP contribution in [0.25, 0.3) is 0 Å². The molecule has 124 valence electrons. The number of carbonyl (C=O) groups excluding carboxylic acids is 3. The maximum absolute atomic E-state index is 12.2. The van der Waals surface area contributed by atoms with Crippen LogP contribution in [0.1, 0.15) is 20.7 Å². The molecule has 1 N–H and O–H groups in total. The molecule has 0 aromatic heterocycles. The lowest BCUT2D eigenvalue weighted by Gasteiger charge is -2.15. The Labute approximate surface area is 144 Å². The summed E-state index contributed by atoms with van der Waals surface area (Å²) in [5, 5.41) is 2.44. The van der Waals surface area contributed by atoms with E-state index in [4.69, 9.17) is 4.74 Å². The van der Waals surface area contributed by atoms with E-state index < -0.39 is 17.9 Å². The Kier molecular flexibility index (Phi) is 6.57. The van der Waals surface area contributed by atoms with Crippen LogP contribution in [-0.2, 0) is 9.53 Å². The number of hydrogen-bond donors (Lipinski definition) is 1. The second kappa shape index (κ2) is 8.88. The minimum atomic E-state index is -0.902. The molecule has 0 fully saturated rings. The predicted octanol–water partition coefficient (Wildman–Crippen LogP) is 2.53. The van der Waals surface area contributed by atoms with Gasteiger partial charge in [-0.1, -0.05) is 60.3 Å². The van der Waals surface area contributed by atoms with Crippen molar-refractivity contribution in [3.05, 3.63) is 71.8 Å². The van der Waals surface area contributed by atoms with Crippen molar-refractivity contribution in [1.29, 1.82) is 0 Å². The van der Waals surface area contributed by atoms with E-state index >= 15 is 0 Å². The van der Waals surface area contributed by atoms with E-state index in [1.807, 2.05) is 6.07 Å². The molecule has 2 rings (SSSR count). The third-order valence-corrected chi connectivity index (χ3v) is 4.22. The zero-order valence-electron chi connectivity index (χ0n) is 13.1. The first-order valence-corrected chi connectivity index (χ1v) is 8.26. The van der Waals surface area contributed by atoms with Crippen molar-refractivity contribution in [3.63, 3.8) is 0 Å². The molecule has 0 saturated carbocycles. The largest absolute Gasteiger partial charge is 0.467 e. The molecule has 0 radical (unpaired) electrons. The molecule has 5 nitrogen and oxygen atoms in total. The fraction of sp³-hybridized carbons (Fsp3) is 0.167. The lowest BCUT2D eigenvalue weighted by Crippen LogP contribution is -2.43. The van der Waals surface area contributed by atoms with Gasteiger partial charge in [0.2, 0.25) is 5.12 Å². The van der Waals surface area contributed by atoms with Crippen LogP contribution >= 0.6 is 11.8 Å². The lowest BCUT2D eigenvalue weighted by molar-refractivity contribution is -0.142. The summed E-state index contributed by atoms with van der Waals surface area (Å²) < 4.78 is 4.71. The molecule has 6 heteroatoms. The first-order chi connectivity index (χ1) is 11.6. The molecule has 0 saturated heterocycles. The number of amides is 1. The molecular formula is C18H17NO4S. The van der Waals surface area contributed by atoms with Gasteiger partial charge in [-0.3, -0.25) is 9.59 Å². The Morgan fingerprint density at radius 1 is 0.958 bits per heavy atom. The second-order valence-electron chi connectivity index (χ2n) is 4.88. The van der Waals surface area contributed by atoms with Crippen molar-refractivity contribution in [1.82, 2.24) is 5.32 Å². The summed E-state index contributed by atoms with van der Waals surface area (Å²) in [5.74, 6) is -0.884. The lowest BCUT2D eigenvalue weighted by atomic mass is 10.2. The van der Waals surface area contributed by atoms with Gasteiger partial charge in [0.1, 0.15) is 6.04 Å². The van der Waals surface area contributed by atoms with Gasteiger partial charge in [-0.05, 0) is 12.1 Å². The number of nitrogens with one attached hydrogen (secondary N) is 1. The second-order valence-corrected chi connectivity index (χ2v) is 5.87. The van der Waals surface area contributed by atoms with Gasteiger partial charge in [0.25, 0.3) is 5.91 Å². The zero-order chi connectivity index (χ0) is 17.4. The summed E-state index contributed by atoms with van der Waals surface area (Å²) in [7, 11) is 1.24. The number of carbonyl (C=O) groups is 3. The smallest absolute Gasteiger partial charge is 0.329 e. The van der Waals surface area contributed by atoms with Crippen molar-refractivity contribution in [2.45, 2.75) is 6.04 Å². The quantitative estimate of drug-likeness (QED) is 0.816. The van der Waals surface area contributed by atoms with E-state index in [9.17, 15) is 14.4 Å². The van der Waals surface area contributed by atoms with Gasteiger partial charge in [-0.25, -0.2) is 4.79 Å². The fourth-order valence-corrected chi connectivity index (χ4v) is 2.80. The Bertz CT molecular complexity index is 703. The van der Waals surface area contributed by atoms with Gasteiger partial charge in [0, 0.05) is 16.9 Å². The standard InChI is InChI=1S/C18H17NO4S/c1-23-17(21)15(19-16(20)13-8-4-2-5-9-13)12-24-18(22)14-10-6-3-7-11-14/h2-11,15H,12H2,1H3,(H,19,20)/t15-/m0/s1. The first kappa shape index (κ1) is 17.7. The van der Waals surface area contributed by atoms with Crippen LogP contribution in [0.15, 0.2) is 60.7 Å². The van der Waals surface area contributed by atoms with Crippen LogP contribution in [-0.4, -0.2) is 35.9 Å². The van der Waals surface area contributed by atoms with Gasteiger partial charge < -0.3 is 10.1 Å². The SMILES string of the molecule is COC(=O)[C@H](CSC(=O)c1ccccc1)NC(=O)c1ccccc1. The van der Waals surface area contributed by atoms with Crippen molar-refractivity contribution < 1.29 is 19.1 Å². The van der Waals surface area contributed by atoms with Gasteiger partial charge in [-0.2, -0.15) is 0 Å². The summed E-state index contributed by atoms with van der Waals surface area (Å²) in [4.78, 5) is 36.2. The van der Waals surface area contributed by atoms with Crippen molar-refractivity contribution >= 4 is 28.8 Å². The predicted molar refractivity (Wildman–Crippen MR) is 92.9 cm³/mol. The fourth-order valence-electron chi connectivity index (χ4n) is 1.96. The van der Waals surface area contributed by atoms with Crippen LogP contribution in [0, 0.1) is 0 Å². The third-order valence-electron chi connectivity index (χ3n) is 3.22. The summed E-state index contributed by atoms with van der Waals surface area (Å²) in [6, 6.07) is 16.4. The Morgan fingerprint density at radius 3 is 2.04 bits per heavy atom. The highest BCUT2D eigenvalue weighted by atomic mass is 32.2. The number of methoxy groups -OCH3 is 1. The molecule has 0 heterocycles. The Hall–Kier alpha value is -2.60. The molecule has 0 bridgehead atoms. The number of ether oxygens (including phenoxy) is 1. The van der Waals surface area contributed by atoms with Crippen LogP contribution < -0.4 is 5.32 Å². The summed E-state index contributed by atoms with van der Waals surface area (Å²) in [6.07, 6.45) is 0. The van der Waals surface area contributed by atoms with Crippen LogP contribution in [0.3, 0.4) is 0 Å². The highest BCUT2D eigenvalue weighted by molar-refractivity contribution is 8.14. The zero-order valence-corrected chi connectivity index (χ0v) is 13.9. The van der Waals surface area contributed by atoms with E-state index in [1.54, 1.807) is 54.6 Å². The molecule has 0 aliphatic carbocycles. The number of esters is 1. The highest BCUT2D eigenvalue weighted by Gasteiger charge is 2.23. The number of rotatable bonds is 6. The molecule has 0 aliphatic heterocycles. The molecule has 0 unspecified atom stereocenters. The average Bonchev–Trinajstić information content (AvgIpc) is 2.65. The number of benzene rings is 2. The van der Waals surface area contributed by atoms with E-state index in [0.29, 0.717) is 11.1 Å². The first-order valence-electron chi connectivity index (χ1n) is 7.27. The molecule has 1 amide bonds. The Balaban J connectivity index is 2.00. The van der Waals surface area contributed by atoms with Gasteiger partial charge >= 0.3 is 5.97 Å². The molecule has 2 aromatic rings. The van der Waals surface area contributed by atoms with Crippen LogP contribution in [0.5, 0.6) is 0 Å². The van der Waals surface area contributed by atoms with E-state index in [0.717, 1.165) is 11.8 Å². The van der Waals surface area contributed by atoms with Crippen LogP contribution in [0.4, 0.5) is 0 Å². The summed E-state index contributed by atoms with van der Waals surface area (Å²) in [5.41, 5.74) is 0.978. The highest BCUT2D eigenvalue weighted by Crippen LogP contribution is 2.14. The molecule has 0 aliphatic rings. The monoisotopic (exact) mass is 343 g/mol. The maximum atomic E-state index is 12.2. The van der Waals surface area contributed by atoms with E-state index in [1.165, 1.54) is 7.11 Å². The third kappa shape index (κ3) is 4.96. The number of hydrogen-bond acceptors (Lipinski definition) is 5. The van der Waals surface area contributed by atoms with Crippen LogP contribution in [0.2, 0.25) is 0 Å². The van der Waals surface area contributed by atoms with Crippen molar-refractivity contribution in [3.8, 4) is 0 Å². The van der Waals surface area contributed by atoms with E-state index in [-0.39, 0.29) is 10.9 Å². The average molecular weight is 343 g/mol. The molecule has 0 spiro atoms. The molecular weight excluding hydrogens is 326 g/mol. The molecule has 1 atom stereocenters. The van der Waals surface area contributed by atoms with Crippen molar-refractivity contribution in [2.75, 3.05) is 12.9 Å². The van der Waals surface area contributed by atoms with Gasteiger partial charge in [-0.15, -0.1) is 0 Å².